The molecule has 0 amide bonds. The molecule has 6 nitrogen and oxygen atoms in total. The van der Waals surface area contributed by atoms with E-state index < -0.39 is 12.1 Å². The number of likely N-dealkylation sites (tertiary alicyclic amines) is 1. The molecule has 1 fully saturated rings. The number of hydrogen-bond donors (Lipinski definition) is 2. The maximum absolute atomic E-state index is 12.6. The summed E-state index contributed by atoms with van der Waals surface area (Å²) in [5, 5.41) is 16.3. The molecule has 0 saturated carbocycles. The molecule has 2 N–H and O–H groups in total. The molecule has 1 unspecified atom stereocenters. The highest BCUT2D eigenvalue weighted by Gasteiger charge is 2.38. The number of halogens is 3. The summed E-state index contributed by atoms with van der Waals surface area (Å²) in [6.07, 6.45) is -4.21. The van der Waals surface area contributed by atoms with E-state index in [-0.39, 0.29) is 18.0 Å². The third kappa shape index (κ3) is 4.17. The first-order chi connectivity index (χ1) is 11.9. The minimum absolute atomic E-state index is 0.0285. The van der Waals surface area contributed by atoms with Gasteiger partial charge in [-0.15, -0.1) is 0 Å². The molecule has 2 atom stereocenters. The van der Waals surface area contributed by atoms with Gasteiger partial charge in [0.25, 0.3) is 0 Å². The Morgan fingerprint density at radius 1 is 1.44 bits per heavy atom. The molecule has 0 aliphatic carbocycles. The molecule has 3 rings (SSSR count). The smallest absolute Gasteiger partial charge is 0.392 e. The van der Waals surface area contributed by atoms with E-state index in [4.69, 9.17) is 0 Å². The van der Waals surface area contributed by atoms with E-state index >= 15 is 0 Å². The fraction of sp³-hybridized carbons (Fsp3) is 0.500. The molecule has 136 valence electrons. The van der Waals surface area contributed by atoms with E-state index in [9.17, 15) is 18.3 Å². The Hall–Kier alpha value is -1.97. The second-order valence-electron chi connectivity index (χ2n) is 6.09. The predicted octanol–water partition coefficient (Wildman–Crippen LogP) is 2.08. The molecule has 0 radical (unpaired) electrons. The molecule has 2 heterocycles. The zero-order valence-electron chi connectivity index (χ0n) is 13.6. The highest BCUT2D eigenvalue weighted by Crippen LogP contribution is 2.30. The minimum atomic E-state index is -4.66. The average molecular weight is 356 g/mol. The zero-order valence-corrected chi connectivity index (χ0v) is 13.6. The van der Waals surface area contributed by atoms with E-state index in [2.05, 4.69) is 24.9 Å². The number of aliphatic hydroxyl groups excluding tert-OH is 1. The standard InChI is InChI=1S/C16H19F3N4O2/c1-20-13(9-23-6-5-12(24)8-23)10-3-2-4-11(7-10)14-21-15(25-22-14)16(17,18)19/h2-4,7,12-13,20,24H,5-6,8-9H2,1H3/t12-,13?/m0/s1. The fourth-order valence-corrected chi connectivity index (χ4v) is 2.95. The van der Waals surface area contributed by atoms with Crippen molar-refractivity contribution in [2.75, 3.05) is 26.7 Å². The van der Waals surface area contributed by atoms with E-state index in [0.29, 0.717) is 18.7 Å². The predicted molar refractivity (Wildman–Crippen MR) is 83.6 cm³/mol. The Bertz CT molecular complexity index is 719. The van der Waals surface area contributed by atoms with Gasteiger partial charge in [-0.2, -0.15) is 18.2 Å². The Morgan fingerprint density at radius 3 is 2.84 bits per heavy atom. The van der Waals surface area contributed by atoms with Crippen LogP contribution in [0.3, 0.4) is 0 Å². The fourth-order valence-electron chi connectivity index (χ4n) is 2.95. The number of likely N-dealkylation sites (N-methyl/N-ethyl adjacent to an activating group) is 1. The van der Waals surface area contributed by atoms with Gasteiger partial charge in [0, 0.05) is 31.2 Å². The topological polar surface area (TPSA) is 74.4 Å². The van der Waals surface area contributed by atoms with Crippen molar-refractivity contribution in [3.8, 4) is 11.4 Å². The second-order valence-corrected chi connectivity index (χ2v) is 6.09. The average Bonchev–Trinajstić information content (AvgIpc) is 3.21. The highest BCUT2D eigenvalue weighted by atomic mass is 19.4. The zero-order chi connectivity index (χ0) is 18.0. The molecule has 9 heteroatoms. The van der Waals surface area contributed by atoms with Crippen molar-refractivity contribution in [3.63, 3.8) is 0 Å². The van der Waals surface area contributed by atoms with Gasteiger partial charge in [-0.05, 0) is 25.1 Å². The van der Waals surface area contributed by atoms with Crippen LogP contribution in [-0.2, 0) is 6.18 Å². The lowest BCUT2D eigenvalue weighted by atomic mass is 10.0. The summed E-state index contributed by atoms with van der Waals surface area (Å²) in [4.78, 5) is 5.57. The summed E-state index contributed by atoms with van der Waals surface area (Å²) in [7, 11) is 1.82. The summed E-state index contributed by atoms with van der Waals surface area (Å²) >= 11 is 0. The molecular weight excluding hydrogens is 337 g/mol. The van der Waals surface area contributed by atoms with Crippen LogP contribution in [0.5, 0.6) is 0 Å². The van der Waals surface area contributed by atoms with Crippen molar-refractivity contribution in [1.29, 1.82) is 0 Å². The van der Waals surface area contributed by atoms with Crippen LogP contribution in [0.2, 0.25) is 0 Å². The van der Waals surface area contributed by atoms with Gasteiger partial charge in [0.15, 0.2) is 0 Å². The van der Waals surface area contributed by atoms with Crippen LogP contribution < -0.4 is 5.32 Å². The molecule has 1 aromatic heterocycles. The van der Waals surface area contributed by atoms with E-state index in [1.54, 1.807) is 18.2 Å². The number of nitrogens with one attached hydrogen (secondary N) is 1. The number of aliphatic hydroxyl groups is 1. The largest absolute Gasteiger partial charge is 0.471 e. The maximum Gasteiger partial charge on any atom is 0.471 e. The third-order valence-corrected chi connectivity index (χ3v) is 4.25. The normalized spacial score (nSPS) is 20.1. The van der Waals surface area contributed by atoms with E-state index in [1.807, 2.05) is 13.1 Å². The van der Waals surface area contributed by atoms with E-state index in [1.165, 1.54) is 0 Å². The number of benzene rings is 1. The van der Waals surface area contributed by atoms with Crippen molar-refractivity contribution in [2.24, 2.45) is 0 Å². The number of aromatic nitrogens is 2. The second kappa shape index (κ2) is 7.11. The summed E-state index contributed by atoms with van der Waals surface area (Å²) < 4.78 is 42.1. The number of alkyl halides is 3. The first-order valence-corrected chi connectivity index (χ1v) is 7.95. The molecule has 0 spiro atoms. The monoisotopic (exact) mass is 356 g/mol. The lowest BCUT2D eigenvalue weighted by Crippen LogP contribution is -2.33. The summed E-state index contributed by atoms with van der Waals surface area (Å²) in [6, 6.07) is 7.00. The Kier molecular flexibility index (Phi) is 5.07. The van der Waals surface area contributed by atoms with Crippen LogP contribution >= 0.6 is 0 Å². The van der Waals surface area contributed by atoms with Crippen molar-refractivity contribution in [3.05, 3.63) is 35.7 Å². The van der Waals surface area contributed by atoms with E-state index in [0.717, 1.165) is 18.5 Å². The highest BCUT2D eigenvalue weighted by molar-refractivity contribution is 5.55. The van der Waals surface area contributed by atoms with Crippen LogP contribution in [-0.4, -0.2) is 52.9 Å². The molecule has 1 aliphatic rings. The first-order valence-electron chi connectivity index (χ1n) is 7.95. The van der Waals surface area contributed by atoms with Gasteiger partial charge >= 0.3 is 12.1 Å². The van der Waals surface area contributed by atoms with Crippen LogP contribution in [0.15, 0.2) is 28.8 Å². The van der Waals surface area contributed by atoms with Gasteiger partial charge in [-0.3, -0.25) is 4.90 Å². The SMILES string of the molecule is CNC(CN1CC[C@H](O)C1)c1cccc(-c2noc(C(F)(F)F)n2)c1. The summed E-state index contributed by atoms with van der Waals surface area (Å²) in [5.74, 6) is -1.45. The molecular formula is C16H19F3N4O2. The molecule has 0 bridgehead atoms. The van der Waals surface area contributed by atoms with Crippen molar-refractivity contribution >= 4 is 0 Å². The van der Waals surface area contributed by atoms with Gasteiger partial charge in [-0.1, -0.05) is 23.4 Å². The maximum atomic E-state index is 12.6. The number of nitrogens with zero attached hydrogens (tertiary/aromatic N) is 3. The summed E-state index contributed by atoms with van der Waals surface area (Å²) in [6.45, 7) is 2.13. The molecule has 1 aliphatic heterocycles. The first kappa shape index (κ1) is 17.8. The summed E-state index contributed by atoms with van der Waals surface area (Å²) in [5.41, 5.74) is 1.36. The molecule has 25 heavy (non-hydrogen) atoms. The number of rotatable bonds is 5. The van der Waals surface area contributed by atoms with Gasteiger partial charge in [0.2, 0.25) is 5.82 Å². The molecule has 1 aromatic carbocycles. The third-order valence-electron chi connectivity index (χ3n) is 4.25. The quantitative estimate of drug-likeness (QED) is 0.855. The van der Waals surface area contributed by atoms with Gasteiger partial charge in [0.1, 0.15) is 0 Å². The Labute approximate surface area is 142 Å². The van der Waals surface area contributed by atoms with Crippen LogP contribution in [0.25, 0.3) is 11.4 Å². The lowest BCUT2D eigenvalue weighted by Gasteiger charge is -2.23. The molecule has 1 saturated heterocycles. The number of β-amino-alcohol motifs (C(OH)–C–C–N with tert-alkyl or cyclic N) is 1. The lowest BCUT2D eigenvalue weighted by molar-refractivity contribution is -0.159. The van der Waals surface area contributed by atoms with Gasteiger partial charge < -0.3 is 14.9 Å². The van der Waals surface area contributed by atoms with Crippen molar-refractivity contribution in [1.82, 2.24) is 20.4 Å². The van der Waals surface area contributed by atoms with Crippen LogP contribution in [0.1, 0.15) is 23.9 Å². The van der Waals surface area contributed by atoms with Crippen molar-refractivity contribution < 1.29 is 22.8 Å². The van der Waals surface area contributed by atoms with Crippen molar-refractivity contribution in [2.45, 2.75) is 24.7 Å². The van der Waals surface area contributed by atoms with Crippen LogP contribution in [0, 0.1) is 0 Å². The van der Waals surface area contributed by atoms with Crippen LogP contribution in [0.4, 0.5) is 13.2 Å². The van der Waals surface area contributed by atoms with Gasteiger partial charge in [0.05, 0.1) is 6.10 Å². The Balaban J connectivity index is 1.79. The Morgan fingerprint density at radius 2 is 2.24 bits per heavy atom. The molecule has 2 aromatic rings. The number of hydrogen-bond acceptors (Lipinski definition) is 6. The minimum Gasteiger partial charge on any atom is -0.392 e. The van der Waals surface area contributed by atoms with Gasteiger partial charge in [-0.25, -0.2) is 0 Å².